The maximum atomic E-state index is 12.9. The summed E-state index contributed by atoms with van der Waals surface area (Å²) >= 11 is 0. The molecule has 3 aromatic rings. The van der Waals surface area contributed by atoms with Crippen molar-refractivity contribution < 1.29 is 4.79 Å². The highest BCUT2D eigenvalue weighted by atomic mass is 16.2. The molecule has 0 spiro atoms. The summed E-state index contributed by atoms with van der Waals surface area (Å²) in [4.78, 5) is 23.5. The fourth-order valence-corrected chi connectivity index (χ4v) is 3.28. The lowest BCUT2D eigenvalue weighted by Gasteiger charge is -2.23. The van der Waals surface area contributed by atoms with Crippen LogP contribution >= 0.6 is 0 Å². The van der Waals surface area contributed by atoms with E-state index in [1.165, 1.54) is 0 Å². The molecule has 0 N–H and O–H groups in total. The highest BCUT2D eigenvalue weighted by Crippen LogP contribution is 2.32. The zero-order valence-electron chi connectivity index (χ0n) is 13.0. The van der Waals surface area contributed by atoms with Gasteiger partial charge >= 0.3 is 0 Å². The van der Waals surface area contributed by atoms with Crippen LogP contribution in [-0.2, 0) is 0 Å². The van der Waals surface area contributed by atoms with Crippen LogP contribution in [0.4, 0.5) is 0 Å². The van der Waals surface area contributed by atoms with Crippen LogP contribution in [0.2, 0.25) is 0 Å². The highest BCUT2D eigenvalue weighted by molar-refractivity contribution is 5.93. The van der Waals surface area contributed by atoms with Crippen molar-refractivity contribution in [2.24, 2.45) is 0 Å². The molecule has 23 heavy (non-hydrogen) atoms. The third-order valence-corrected chi connectivity index (χ3v) is 4.40. The van der Waals surface area contributed by atoms with Crippen molar-refractivity contribution in [1.29, 1.82) is 0 Å². The molecule has 0 aromatic carbocycles. The molecule has 0 aliphatic carbocycles. The Kier molecular flexibility index (Phi) is 3.33. The van der Waals surface area contributed by atoms with Gasteiger partial charge in [0, 0.05) is 31.3 Å². The summed E-state index contributed by atoms with van der Waals surface area (Å²) in [5, 5.41) is 0. The third-order valence-electron chi connectivity index (χ3n) is 4.40. The molecule has 1 amide bonds. The van der Waals surface area contributed by atoms with E-state index in [9.17, 15) is 4.79 Å². The van der Waals surface area contributed by atoms with Gasteiger partial charge in [0.2, 0.25) is 0 Å². The molecule has 116 valence electrons. The van der Waals surface area contributed by atoms with E-state index in [1.54, 1.807) is 6.20 Å². The average molecular weight is 306 g/mol. The topological polar surface area (TPSA) is 50.5 Å². The second-order valence-corrected chi connectivity index (χ2v) is 6.04. The number of likely N-dealkylation sites (tertiary alicyclic amines) is 1. The molecule has 3 aromatic heterocycles. The second-order valence-electron chi connectivity index (χ2n) is 6.04. The van der Waals surface area contributed by atoms with E-state index in [4.69, 9.17) is 0 Å². The first kappa shape index (κ1) is 13.9. The van der Waals surface area contributed by atoms with Crippen LogP contribution < -0.4 is 0 Å². The van der Waals surface area contributed by atoms with Crippen LogP contribution in [0.1, 0.15) is 40.5 Å². The molecule has 5 heteroatoms. The number of carbonyl (C=O) groups excluding carboxylic acids is 1. The average Bonchev–Trinajstić information content (AvgIpc) is 3.21. The fraction of sp³-hybridized carbons (Fsp3) is 0.278. The number of nitrogens with zero attached hydrogens (tertiary/aromatic N) is 4. The zero-order chi connectivity index (χ0) is 15.8. The molecule has 0 saturated carbocycles. The highest BCUT2D eigenvalue weighted by Gasteiger charge is 2.31. The Balaban J connectivity index is 1.66. The Hall–Kier alpha value is -2.69. The molecule has 0 bridgehead atoms. The largest absolute Gasteiger partial charge is 0.330 e. The van der Waals surface area contributed by atoms with E-state index in [-0.39, 0.29) is 11.9 Å². The van der Waals surface area contributed by atoms with Gasteiger partial charge in [-0.25, -0.2) is 4.98 Å². The molecule has 1 fully saturated rings. The summed E-state index contributed by atoms with van der Waals surface area (Å²) in [5.74, 6) is -0.00212. The molecule has 1 aliphatic heterocycles. The molecule has 1 saturated heterocycles. The molecule has 1 unspecified atom stereocenters. The van der Waals surface area contributed by atoms with Gasteiger partial charge in [0.25, 0.3) is 5.91 Å². The molecular formula is C18H18N4O. The first-order valence-electron chi connectivity index (χ1n) is 7.88. The Morgan fingerprint density at radius 3 is 3.00 bits per heavy atom. The van der Waals surface area contributed by atoms with Gasteiger partial charge in [-0.1, -0.05) is 12.1 Å². The van der Waals surface area contributed by atoms with E-state index in [1.807, 2.05) is 59.1 Å². The van der Waals surface area contributed by atoms with Crippen LogP contribution in [-0.4, -0.2) is 31.7 Å². The van der Waals surface area contributed by atoms with E-state index in [0.29, 0.717) is 5.69 Å². The zero-order valence-corrected chi connectivity index (χ0v) is 13.0. The van der Waals surface area contributed by atoms with Crippen LogP contribution in [0.25, 0.3) is 5.65 Å². The van der Waals surface area contributed by atoms with Gasteiger partial charge in [0.1, 0.15) is 11.3 Å². The quantitative estimate of drug-likeness (QED) is 0.731. The Labute approximate surface area is 134 Å². The maximum Gasteiger partial charge on any atom is 0.274 e. The van der Waals surface area contributed by atoms with Crippen LogP contribution in [0, 0.1) is 6.92 Å². The van der Waals surface area contributed by atoms with Gasteiger partial charge in [-0.15, -0.1) is 0 Å². The molecule has 1 atom stereocenters. The van der Waals surface area contributed by atoms with Crippen LogP contribution in [0.5, 0.6) is 0 Å². The summed E-state index contributed by atoms with van der Waals surface area (Å²) in [7, 11) is 0. The van der Waals surface area contributed by atoms with Crippen molar-refractivity contribution in [3.8, 4) is 0 Å². The number of aryl methyl sites for hydroxylation is 1. The van der Waals surface area contributed by atoms with Gasteiger partial charge in [-0.2, -0.15) is 0 Å². The van der Waals surface area contributed by atoms with Crippen molar-refractivity contribution in [3.05, 3.63) is 65.9 Å². The minimum absolute atomic E-state index is 0.00212. The number of carbonyl (C=O) groups is 1. The molecule has 5 nitrogen and oxygen atoms in total. The van der Waals surface area contributed by atoms with Gasteiger partial charge in [0.05, 0.1) is 6.04 Å². The summed E-state index contributed by atoms with van der Waals surface area (Å²) in [5.41, 5.74) is 3.55. The van der Waals surface area contributed by atoms with Crippen molar-refractivity contribution in [1.82, 2.24) is 19.3 Å². The Bertz CT molecular complexity index is 856. The van der Waals surface area contributed by atoms with E-state index < -0.39 is 0 Å². The summed E-state index contributed by atoms with van der Waals surface area (Å²) < 4.78 is 1.91. The fourth-order valence-electron chi connectivity index (χ4n) is 3.28. The first-order chi connectivity index (χ1) is 11.2. The van der Waals surface area contributed by atoms with Crippen molar-refractivity contribution in [2.75, 3.05) is 6.54 Å². The number of rotatable bonds is 2. The van der Waals surface area contributed by atoms with Crippen molar-refractivity contribution >= 4 is 11.6 Å². The number of hydrogen-bond acceptors (Lipinski definition) is 3. The van der Waals surface area contributed by atoms with Gasteiger partial charge in [0.15, 0.2) is 0 Å². The predicted octanol–water partition coefficient (Wildman–Crippen LogP) is 3.02. The number of pyridine rings is 2. The van der Waals surface area contributed by atoms with Crippen molar-refractivity contribution in [2.45, 2.75) is 25.8 Å². The lowest BCUT2D eigenvalue weighted by atomic mass is 10.1. The van der Waals surface area contributed by atoms with Crippen molar-refractivity contribution in [3.63, 3.8) is 0 Å². The molecule has 1 aliphatic rings. The number of hydrogen-bond donors (Lipinski definition) is 0. The number of amides is 1. The minimum atomic E-state index is -0.00212. The number of fused-ring (bicyclic) bond motifs is 1. The summed E-state index contributed by atoms with van der Waals surface area (Å²) in [6.07, 6.45) is 9.41. The molecular weight excluding hydrogens is 288 g/mol. The second kappa shape index (κ2) is 5.50. The standard InChI is InChI=1S/C18H18N4O/c1-13-6-7-17-20-15(12-21(17)11-13)18(23)22-9-3-5-16(22)14-4-2-8-19-10-14/h2,4,6-8,10-12,16H,3,5,9H2,1H3. The van der Waals surface area contributed by atoms with E-state index in [0.717, 1.165) is 36.2 Å². The number of aromatic nitrogens is 3. The lowest BCUT2D eigenvalue weighted by molar-refractivity contribution is 0.0730. The molecule has 4 heterocycles. The minimum Gasteiger partial charge on any atom is -0.330 e. The van der Waals surface area contributed by atoms with E-state index in [2.05, 4.69) is 9.97 Å². The summed E-state index contributed by atoms with van der Waals surface area (Å²) in [6, 6.07) is 8.00. The SMILES string of the molecule is Cc1ccc2nc(C(=O)N3CCCC3c3cccnc3)cn2c1. The predicted molar refractivity (Wildman–Crippen MR) is 87.2 cm³/mol. The Morgan fingerprint density at radius 1 is 1.26 bits per heavy atom. The van der Waals surface area contributed by atoms with E-state index >= 15 is 0 Å². The monoisotopic (exact) mass is 306 g/mol. The van der Waals surface area contributed by atoms with Gasteiger partial charge in [-0.05, 0) is 43.0 Å². The normalized spacial score (nSPS) is 17.8. The Morgan fingerprint density at radius 2 is 2.17 bits per heavy atom. The first-order valence-corrected chi connectivity index (χ1v) is 7.88. The lowest BCUT2D eigenvalue weighted by Crippen LogP contribution is -2.30. The maximum absolute atomic E-state index is 12.9. The molecule has 0 radical (unpaired) electrons. The van der Waals surface area contributed by atoms with Gasteiger partial charge < -0.3 is 9.30 Å². The van der Waals surface area contributed by atoms with Crippen LogP contribution in [0.3, 0.4) is 0 Å². The molecule has 4 rings (SSSR count). The van der Waals surface area contributed by atoms with Gasteiger partial charge in [-0.3, -0.25) is 9.78 Å². The van der Waals surface area contributed by atoms with Crippen LogP contribution in [0.15, 0.2) is 49.1 Å². The third kappa shape index (κ3) is 2.48. The smallest absolute Gasteiger partial charge is 0.274 e. The summed E-state index contributed by atoms with van der Waals surface area (Å²) in [6.45, 7) is 2.80. The number of imidazole rings is 1.